The first kappa shape index (κ1) is 13.5. The third-order valence-electron chi connectivity index (χ3n) is 3.66. The van der Waals surface area contributed by atoms with Crippen LogP contribution in [-0.4, -0.2) is 26.2 Å². The molecule has 4 heteroatoms. The Morgan fingerprint density at radius 3 is 2.62 bits per heavy atom. The molecule has 1 aliphatic heterocycles. The van der Waals surface area contributed by atoms with Crippen molar-refractivity contribution in [3.05, 3.63) is 48.0 Å². The average molecular weight is 281 g/mol. The number of hydrogen-bond acceptors (Lipinski definition) is 4. The van der Waals surface area contributed by atoms with E-state index in [1.54, 1.807) is 7.11 Å². The van der Waals surface area contributed by atoms with Crippen molar-refractivity contribution in [1.82, 2.24) is 5.32 Å². The summed E-state index contributed by atoms with van der Waals surface area (Å²) in [6.07, 6.45) is 0. The molecular formula is C17H19N3O. The molecule has 0 atom stereocenters. The van der Waals surface area contributed by atoms with Gasteiger partial charge in [0.25, 0.3) is 0 Å². The topological polar surface area (TPSA) is 45.6 Å². The highest BCUT2D eigenvalue weighted by atomic mass is 16.5. The van der Waals surface area contributed by atoms with Gasteiger partial charge in [0.1, 0.15) is 5.75 Å². The molecule has 0 unspecified atom stereocenters. The monoisotopic (exact) mass is 281 g/mol. The molecule has 0 radical (unpaired) electrons. The number of methoxy groups -OCH3 is 1. The van der Waals surface area contributed by atoms with Crippen molar-refractivity contribution in [3.8, 4) is 16.9 Å². The normalized spacial score (nSPS) is 13.5. The van der Waals surface area contributed by atoms with Gasteiger partial charge in [-0.3, -0.25) is 4.99 Å². The van der Waals surface area contributed by atoms with Gasteiger partial charge in [0.2, 0.25) is 0 Å². The minimum atomic E-state index is 0.833. The van der Waals surface area contributed by atoms with Crippen LogP contribution in [0, 0.1) is 6.92 Å². The third-order valence-corrected chi connectivity index (χ3v) is 3.66. The summed E-state index contributed by atoms with van der Waals surface area (Å²) in [5.74, 6) is 1.72. The van der Waals surface area contributed by atoms with Gasteiger partial charge in [-0.2, -0.15) is 0 Å². The van der Waals surface area contributed by atoms with Crippen LogP contribution in [-0.2, 0) is 0 Å². The molecule has 3 rings (SSSR count). The van der Waals surface area contributed by atoms with E-state index >= 15 is 0 Å². The van der Waals surface area contributed by atoms with E-state index < -0.39 is 0 Å². The summed E-state index contributed by atoms with van der Waals surface area (Å²) in [5.41, 5.74) is 4.68. The number of benzene rings is 2. The minimum Gasteiger partial charge on any atom is -0.497 e. The summed E-state index contributed by atoms with van der Waals surface area (Å²) in [5, 5.41) is 6.58. The van der Waals surface area contributed by atoms with E-state index in [4.69, 9.17) is 4.74 Å². The molecule has 1 heterocycles. The predicted octanol–water partition coefficient (Wildman–Crippen LogP) is 3.04. The molecule has 1 aliphatic rings. The summed E-state index contributed by atoms with van der Waals surface area (Å²) in [7, 11) is 1.68. The molecule has 21 heavy (non-hydrogen) atoms. The van der Waals surface area contributed by atoms with E-state index in [-0.39, 0.29) is 0 Å². The van der Waals surface area contributed by atoms with Gasteiger partial charge in [0, 0.05) is 12.2 Å². The van der Waals surface area contributed by atoms with Gasteiger partial charge in [-0.1, -0.05) is 24.3 Å². The lowest BCUT2D eigenvalue weighted by atomic mass is 9.99. The van der Waals surface area contributed by atoms with Gasteiger partial charge in [-0.05, 0) is 41.8 Å². The van der Waals surface area contributed by atoms with E-state index in [0.29, 0.717) is 0 Å². The highest BCUT2D eigenvalue weighted by Crippen LogP contribution is 2.29. The van der Waals surface area contributed by atoms with Crippen LogP contribution >= 0.6 is 0 Å². The standard InChI is InChI=1S/C17H19N3O/c1-12-15(13-6-8-14(21-2)9-7-13)4-3-5-16(12)20-17-18-10-11-19-17/h3-9H,10-11H2,1-2H3,(H2,18,19,20). The largest absolute Gasteiger partial charge is 0.497 e. The first-order chi connectivity index (χ1) is 10.3. The van der Waals surface area contributed by atoms with Crippen LogP contribution in [0.5, 0.6) is 5.75 Å². The number of nitrogens with one attached hydrogen (secondary N) is 2. The zero-order chi connectivity index (χ0) is 14.7. The Hall–Kier alpha value is -2.49. The number of anilines is 1. The Balaban J connectivity index is 1.91. The highest BCUT2D eigenvalue weighted by molar-refractivity contribution is 5.96. The number of rotatable bonds is 3. The molecule has 0 bridgehead atoms. The Bertz CT molecular complexity index is 662. The quantitative estimate of drug-likeness (QED) is 0.909. The molecule has 4 nitrogen and oxygen atoms in total. The Morgan fingerprint density at radius 2 is 1.95 bits per heavy atom. The Labute approximate surface area is 124 Å². The number of ether oxygens (including phenoxy) is 1. The number of aliphatic imine (C=N–C) groups is 1. The molecule has 2 aromatic rings. The van der Waals surface area contributed by atoms with Crippen LogP contribution in [0.3, 0.4) is 0 Å². The fraction of sp³-hybridized carbons (Fsp3) is 0.235. The Morgan fingerprint density at radius 1 is 1.14 bits per heavy atom. The van der Waals surface area contributed by atoms with Gasteiger partial charge in [-0.15, -0.1) is 0 Å². The third kappa shape index (κ3) is 2.84. The first-order valence-corrected chi connectivity index (χ1v) is 7.07. The predicted molar refractivity (Wildman–Crippen MR) is 87.1 cm³/mol. The average Bonchev–Trinajstić information content (AvgIpc) is 3.03. The van der Waals surface area contributed by atoms with Crippen molar-refractivity contribution in [2.45, 2.75) is 6.92 Å². The highest BCUT2D eigenvalue weighted by Gasteiger charge is 2.10. The van der Waals surface area contributed by atoms with Crippen LogP contribution in [0.15, 0.2) is 47.5 Å². The summed E-state index contributed by atoms with van der Waals surface area (Å²) in [6, 6.07) is 14.4. The maximum absolute atomic E-state index is 5.21. The first-order valence-electron chi connectivity index (χ1n) is 7.07. The second-order valence-corrected chi connectivity index (χ2v) is 4.99. The van der Waals surface area contributed by atoms with E-state index in [1.165, 1.54) is 16.7 Å². The summed E-state index contributed by atoms with van der Waals surface area (Å²) in [4.78, 5) is 4.38. The molecule has 2 aromatic carbocycles. The lowest BCUT2D eigenvalue weighted by Crippen LogP contribution is -2.26. The van der Waals surface area contributed by atoms with Crippen molar-refractivity contribution >= 4 is 11.6 Å². The zero-order valence-corrected chi connectivity index (χ0v) is 12.3. The van der Waals surface area contributed by atoms with Crippen LogP contribution in [0.1, 0.15) is 5.56 Å². The molecule has 0 saturated carbocycles. The van der Waals surface area contributed by atoms with Crippen molar-refractivity contribution < 1.29 is 4.74 Å². The zero-order valence-electron chi connectivity index (χ0n) is 12.3. The second-order valence-electron chi connectivity index (χ2n) is 4.99. The van der Waals surface area contributed by atoms with Crippen molar-refractivity contribution in [2.24, 2.45) is 4.99 Å². The number of guanidine groups is 1. The minimum absolute atomic E-state index is 0.833. The van der Waals surface area contributed by atoms with Crippen LogP contribution in [0.2, 0.25) is 0 Å². The van der Waals surface area contributed by atoms with Crippen molar-refractivity contribution in [1.29, 1.82) is 0 Å². The SMILES string of the molecule is COc1ccc(-c2cccc(NC3=NCCN3)c2C)cc1. The van der Waals surface area contributed by atoms with E-state index in [1.807, 2.05) is 12.1 Å². The molecule has 0 spiro atoms. The molecule has 0 saturated heterocycles. The second kappa shape index (κ2) is 5.87. The van der Waals surface area contributed by atoms with Gasteiger partial charge in [-0.25, -0.2) is 0 Å². The molecule has 0 amide bonds. The molecule has 0 aliphatic carbocycles. The van der Waals surface area contributed by atoms with E-state index in [9.17, 15) is 0 Å². The van der Waals surface area contributed by atoms with E-state index in [2.05, 4.69) is 52.9 Å². The van der Waals surface area contributed by atoms with Gasteiger partial charge in [0.15, 0.2) is 5.96 Å². The van der Waals surface area contributed by atoms with Crippen molar-refractivity contribution in [2.75, 3.05) is 25.5 Å². The van der Waals surface area contributed by atoms with Crippen molar-refractivity contribution in [3.63, 3.8) is 0 Å². The number of hydrogen-bond donors (Lipinski definition) is 2. The van der Waals surface area contributed by atoms with Gasteiger partial charge < -0.3 is 15.4 Å². The van der Waals surface area contributed by atoms with Crippen LogP contribution in [0.25, 0.3) is 11.1 Å². The molecule has 108 valence electrons. The lowest BCUT2D eigenvalue weighted by molar-refractivity contribution is 0.415. The van der Waals surface area contributed by atoms with Crippen LogP contribution in [0.4, 0.5) is 5.69 Å². The smallest absolute Gasteiger partial charge is 0.195 e. The summed E-state index contributed by atoms with van der Waals surface area (Å²) < 4.78 is 5.21. The Kier molecular flexibility index (Phi) is 3.77. The maximum Gasteiger partial charge on any atom is 0.195 e. The van der Waals surface area contributed by atoms with Gasteiger partial charge >= 0.3 is 0 Å². The maximum atomic E-state index is 5.21. The number of nitrogens with zero attached hydrogens (tertiary/aromatic N) is 1. The van der Waals surface area contributed by atoms with Crippen LogP contribution < -0.4 is 15.4 Å². The molecule has 2 N–H and O–H groups in total. The lowest BCUT2D eigenvalue weighted by Gasteiger charge is -2.14. The molecule has 0 aromatic heterocycles. The fourth-order valence-electron chi connectivity index (χ4n) is 2.46. The summed E-state index contributed by atoms with van der Waals surface area (Å²) >= 11 is 0. The van der Waals surface area contributed by atoms with E-state index in [0.717, 1.165) is 30.5 Å². The van der Waals surface area contributed by atoms with Gasteiger partial charge in [0.05, 0.1) is 13.7 Å². The molecule has 0 fully saturated rings. The summed E-state index contributed by atoms with van der Waals surface area (Å²) in [6.45, 7) is 3.86. The molecular weight excluding hydrogens is 262 g/mol. The fourth-order valence-corrected chi connectivity index (χ4v) is 2.46.